The number of halogens is 1. The first kappa shape index (κ1) is 19.8. The molecule has 5 rings (SSSR count). The number of carbonyl (C=O) groups is 1. The number of carbonyl (C=O) groups excluding carboxylic acids is 1. The second-order valence-corrected chi connectivity index (χ2v) is 8.37. The van der Waals surface area contributed by atoms with E-state index >= 15 is 0 Å². The molecular weight excluding hydrogens is 415 g/mol. The number of aromatic nitrogens is 1. The van der Waals surface area contributed by atoms with Crippen molar-refractivity contribution < 1.29 is 18.7 Å². The van der Waals surface area contributed by atoms with Crippen molar-refractivity contribution in [2.75, 3.05) is 19.8 Å². The molecular formula is C24H21FN2O3S. The average Bonchev–Trinajstić information content (AvgIpc) is 3.48. The zero-order valence-electron chi connectivity index (χ0n) is 16.8. The molecule has 1 atom stereocenters. The lowest BCUT2D eigenvalue weighted by Crippen LogP contribution is -2.29. The maximum Gasteiger partial charge on any atom is 0.247 e. The van der Waals surface area contributed by atoms with Crippen molar-refractivity contribution in [1.29, 1.82) is 0 Å². The summed E-state index contributed by atoms with van der Waals surface area (Å²) in [6, 6.07) is 12.2. The summed E-state index contributed by atoms with van der Waals surface area (Å²) in [7, 11) is 0. The zero-order chi connectivity index (χ0) is 21.2. The molecule has 1 amide bonds. The normalized spacial score (nSPS) is 18.0. The van der Waals surface area contributed by atoms with Crippen molar-refractivity contribution in [1.82, 2.24) is 9.88 Å². The molecule has 7 heteroatoms. The number of hydrogen-bond acceptors (Lipinski definition) is 5. The molecule has 1 saturated heterocycles. The Kier molecular flexibility index (Phi) is 5.42. The van der Waals surface area contributed by atoms with Gasteiger partial charge in [0, 0.05) is 23.6 Å². The number of thiazole rings is 1. The van der Waals surface area contributed by atoms with Crippen molar-refractivity contribution in [3.63, 3.8) is 0 Å². The van der Waals surface area contributed by atoms with E-state index in [1.54, 1.807) is 24.3 Å². The molecule has 1 unspecified atom stereocenters. The summed E-state index contributed by atoms with van der Waals surface area (Å²) in [4.78, 5) is 19.4. The maximum atomic E-state index is 13.1. The fraction of sp³-hybridized carbons (Fsp3) is 0.250. The summed E-state index contributed by atoms with van der Waals surface area (Å²) < 4.78 is 24.4. The predicted octanol–water partition coefficient (Wildman–Crippen LogP) is 5.10. The van der Waals surface area contributed by atoms with Crippen molar-refractivity contribution in [2.24, 2.45) is 0 Å². The van der Waals surface area contributed by atoms with Crippen LogP contribution < -0.4 is 9.47 Å². The molecule has 2 aliphatic heterocycles. The minimum absolute atomic E-state index is 0.0261. The number of hydrogen-bond donors (Lipinski definition) is 0. The number of amides is 1. The van der Waals surface area contributed by atoms with E-state index in [0.717, 1.165) is 47.0 Å². The van der Waals surface area contributed by atoms with Crippen LogP contribution in [-0.4, -0.2) is 35.5 Å². The Morgan fingerprint density at radius 1 is 1.13 bits per heavy atom. The SMILES string of the molecule is O=C(/C=C/c1csc(-c2ccc(F)cc2)n1)N1CCCC1c1ccc2c(c1)OCCO2. The van der Waals surface area contributed by atoms with E-state index in [-0.39, 0.29) is 17.8 Å². The molecule has 2 aromatic carbocycles. The summed E-state index contributed by atoms with van der Waals surface area (Å²) in [6.07, 6.45) is 5.21. The van der Waals surface area contributed by atoms with E-state index < -0.39 is 0 Å². The number of fused-ring (bicyclic) bond motifs is 1. The highest BCUT2D eigenvalue weighted by molar-refractivity contribution is 7.13. The van der Waals surface area contributed by atoms with Crippen LogP contribution in [0.3, 0.4) is 0 Å². The van der Waals surface area contributed by atoms with Gasteiger partial charge in [0.05, 0.1) is 11.7 Å². The lowest BCUT2D eigenvalue weighted by Gasteiger charge is -2.26. The molecule has 158 valence electrons. The molecule has 5 nitrogen and oxygen atoms in total. The van der Waals surface area contributed by atoms with Crippen molar-refractivity contribution in [2.45, 2.75) is 18.9 Å². The van der Waals surface area contributed by atoms with E-state index in [0.29, 0.717) is 18.9 Å². The van der Waals surface area contributed by atoms with Gasteiger partial charge in [-0.1, -0.05) is 6.07 Å². The minimum atomic E-state index is -0.274. The highest BCUT2D eigenvalue weighted by Crippen LogP contribution is 2.38. The Morgan fingerprint density at radius 3 is 2.77 bits per heavy atom. The standard InChI is InChI=1S/C24H21FN2O3S/c25-18-6-3-16(4-7-18)24-26-19(15-31-24)8-10-23(28)27-11-1-2-20(27)17-5-9-21-22(14-17)30-13-12-29-21/h3-10,14-15,20H,1-2,11-13H2/b10-8+. The van der Waals surface area contributed by atoms with Crippen molar-refractivity contribution in [3.05, 3.63) is 71.0 Å². The van der Waals surface area contributed by atoms with Crippen molar-refractivity contribution in [3.8, 4) is 22.1 Å². The van der Waals surface area contributed by atoms with E-state index in [1.165, 1.54) is 23.5 Å². The summed E-state index contributed by atoms with van der Waals surface area (Å²) in [5.41, 5.74) is 2.64. The lowest BCUT2D eigenvalue weighted by molar-refractivity contribution is -0.126. The number of rotatable bonds is 4. The van der Waals surface area contributed by atoms with Crippen LogP contribution in [0.2, 0.25) is 0 Å². The Bertz CT molecular complexity index is 1130. The summed E-state index contributed by atoms with van der Waals surface area (Å²) >= 11 is 1.47. The van der Waals surface area contributed by atoms with Gasteiger partial charge < -0.3 is 14.4 Å². The van der Waals surface area contributed by atoms with Gasteiger partial charge in [-0.25, -0.2) is 9.37 Å². The Balaban J connectivity index is 1.29. The lowest BCUT2D eigenvalue weighted by atomic mass is 10.0. The van der Waals surface area contributed by atoms with Crippen LogP contribution in [0.15, 0.2) is 53.9 Å². The second kappa shape index (κ2) is 8.51. The molecule has 1 aromatic heterocycles. The summed E-state index contributed by atoms with van der Waals surface area (Å²) in [5.74, 6) is 1.19. The van der Waals surface area contributed by atoms with E-state index in [9.17, 15) is 9.18 Å². The molecule has 1 fully saturated rings. The van der Waals surface area contributed by atoms with E-state index in [1.807, 2.05) is 28.5 Å². The largest absolute Gasteiger partial charge is 0.486 e. The quantitative estimate of drug-likeness (QED) is 0.534. The summed E-state index contributed by atoms with van der Waals surface area (Å²) in [6.45, 7) is 1.82. The predicted molar refractivity (Wildman–Crippen MR) is 118 cm³/mol. The molecule has 0 aliphatic carbocycles. The molecule has 3 heterocycles. The first-order valence-electron chi connectivity index (χ1n) is 10.3. The first-order valence-corrected chi connectivity index (χ1v) is 11.1. The summed E-state index contributed by atoms with van der Waals surface area (Å²) in [5, 5.41) is 2.69. The van der Waals surface area contributed by atoms with E-state index in [2.05, 4.69) is 4.98 Å². The van der Waals surface area contributed by atoms with Crippen LogP contribution >= 0.6 is 11.3 Å². The van der Waals surface area contributed by atoms with Gasteiger partial charge in [0.25, 0.3) is 0 Å². The first-order chi connectivity index (χ1) is 15.2. The average molecular weight is 437 g/mol. The van der Waals surface area contributed by atoms with Gasteiger partial charge in [0.15, 0.2) is 11.5 Å². The van der Waals surface area contributed by atoms with Crippen LogP contribution in [0.5, 0.6) is 11.5 Å². The number of benzene rings is 2. The van der Waals surface area contributed by atoms with Crippen LogP contribution in [0, 0.1) is 5.82 Å². The molecule has 0 radical (unpaired) electrons. The zero-order valence-corrected chi connectivity index (χ0v) is 17.6. The fourth-order valence-electron chi connectivity index (χ4n) is 3.98. The fourth-order valence-corrected chi connectivity index (χ4v) is 4.78. The van der Waals surface area contributed by atoms with Gasteiger partial charge in [-0.3, -0.25) is 4.79 Å². The molecule has 0 saturated carbocycles. The molecule has 0 N–H and O–H groups in total. The van der Waals surface area contributed by atoms with Gasteiger partial charge in [0.1, 0.15) is 24.0 Å². The number of likely N-dealkylation sites (tertiary alicyclic amines) is 1. The Morgan fingerprint density at radius 2 is 1.94 bits per heavy atom. The van der Waals surface area contributed by atoms with Gasteiger partial charge in [-0.15, -0.1) is 11.3 Å². The maximum absolute atomic E-state index is 13.1. The molecule has 0 spiro atoms. The highest BCUT2D eigenvalue weighted by atomic mass is 32.1. The Hall–Kier alpha value is -3.19. The van der Waals surface area contributed by atoms with Gasteiger partial charge in [-0.05, 0) is 60.9 Å². The molecule has 0 bridgehead atoms. The Labute approximate surface area is 183 Å². The third-order valence-electron chi connectivity index (χ3n) is 5.50. The van der Waals surface area contributed by atoms with Gasteiger partial charge in [0.2, 0.25) is 5.91 Å². The second-order valence-electron chi connectivity index (χ2n) is 7.51. The number of ether oxygens (including phenoxy) is 2. The van der Waals surface area contributed by atoms with Crippen molar-refractivity contribution >= 4 is 23.3 Å². The third kappa shape index (κ3) is 4.18. The minimum Gasteiger partial charge on any atom is -0.486 e. The smallest absolute Gasteiger partial charge is 0.247 e. The van der Waals surface area contributed by atoms with Crippen LogP contribution in [0.25, 0.3) is 16.6 Å². The third-order valence-corrected chi connectivity index (χ3v) is 6.41. The molecule has 31 heavy (non-hydrogen) atoms. The number of nitrogens with zero attached hydrogens (tertiary/aromatic N) is 2. The van der Waals surface area contributed by atoms with Crippen LogP contribution in [0.4, 0.5) is 4.39 Å². The molecule has 2 aliphatic rings. The van der Waals surface area contributed by atoms with Crippen LogP contribution in [0.1, 0.15) is 30.1 Å². The molecule has 3 aromatic rings. The van der Waals surface area contributed by atoms with Gasteiger partial charge in [-0.2, -0.15) is 0 Å². The van der Waals surface area contributed by atoms with Gasteiger partial charge >= 0.3 is 0 Å². The topological polar surface area (TPSA) is 51.7 Å². The van der Waals surface area contributed by atoms with Crippen LogP contribution in [-0.2, 0) is 4.79 Å². The highest BCUT2D eigenvalue weighted by Gasteiger charge is 2.29. The van der Waals surface area contributed by atoms with E-state index in [4.69, 9.17) is 9.47 Å². The monoisotopic (exact) mass is 436 g/mol.